The van der Waals surface area contributed by atoms with E-state index < -0.39 is 0 Å². The van der Waals surface area contributed by atoms with Crippen molar-refractivity contribution in [3.8, 4) is 0 Å². The minimum absolute atomic E-state index is 0.818. The first-order chi connectivity index (χ1) is 6.95. The van der Waals surface area contributed by atoms with Crippen LogP contribution in [0.5, 0.6) is 0 Å². The molecular formula is C12H21NS. The lowest BCUT2D eigenvalue weighted by atomic mass is 10.1. The number of thioether (sulfide) groups is 1. The normalized spacial score (nSPS) is 23.9. The van der Waals surface area contributed by atoms with Gasteiger partial charge in [-0.1, -0.05) is 11.6 Å². The summed E-state index contributed by atoms with van der Waals surface area (Å²) in [5.41, 5.74) is 1.70. The molecule has 1 aliphatic heterocycles. The summed E-state index contributed by atoms with van der Waals surface area (Å²) in [5.74, 6) is 2.72. The summed E-state index contributed by atoms with van der Waals surface area (Å²) in [6, 6.07) is 0.818. The van der Waals surface area contributed by atoms with E-state index in [-0.39, 0.29) is 0 Å². The molecule has 2 heteroatoms. The Labute approximate surface area is 91.7 Å². The van der Waals surface area contributed by atoms with E-state index in [2.05, 4.69) is 23.2 Å². The molecule has 1 N–H and O–H groups in total. The van der Waals surface area contributed by atoms with Crippen LogP contribution in [-0.4, -0.2) is 24.1 Å². The molecule has 0 aromatic heterocycles. The molecule has 0 unspecified atom stereocenters. The van der Waals surface area contributed by atoms with Gasteiger partial charge in [-0.25, -0.2) is 0 Å². The SMILES string of the molecule is C1=C(CCNC2CCSCC2)CCC1. The fourth-order valence-corrected chi connectivity index (χ4v) is 3.41. The van der Waals surface area contributed by atoms with Gasteiger partial charge in [0.1, 0.15) is 0 Å². The molecule has 1 nitrogen and oxygen atoms in total. The highest BCUT2D eigenvalue weighted by atomic mass is 32.2. The van der Waals surface area contributed by atoms with Gasteiger partial charge in [0.2, 0.25) is 0 Å². The van der Waals surface area contributed by atoms with Crippen LogP contribution in [0.25, 0.3) is 0 Å². The number of nitrogens with one attached hydrogen (secondary N) is 1. The zero-order chi connectivity index (χ0) is 9.64. The lowest BCUT2D eigenvalue weighted by Crippen LogP contribution is -2.33. The molecule has 1 heterocycles. The molecule has 0 amide bonds. The van der Waals surface area contributed by atoms with Crippen molar-refractivity contribution in [3.63, 3.8) is 0 Å². The highest BCUT2D eigenvalue weighted by Gasteiger charge is 2.12. The molecule has 0 aromatic rings. The Morgan fingerprint density at radius 3 is 2.93 bits per heavy atom. The van der Waals surface area contributed by atoms with E-state index in [4.69, 9.17) is 0 Å². The van der Waals surface area contributed by atoms with Crippen molar-refractivity contribution < 1.29 is 0 Å². The van der Waals surface area contributed by atoms with Gasteiger partial charge in [-0.2, -0.15) is 11.8 Å². The summed E-state index contributed by atoms with van der Waals surface area (Å²) < 4.78 is 0. The number of rotatable bonds is 4. The molecule has 2 aliphatic rings. The van der Waals surface area contributed by atoms with Gasteiger partial charge in [0.15, 0.2) is 0 Å². The zero-order valence-electron chi connectivity index (χ0n) is 8.93. The standard InChI is InChI=1S/C12H21NS/c1-2-4-11(3-1)5-8-13-12-6-9-14-10-7-12/h3,12-13H,1-2,4-10H2. The maximum Gasteiger partial charge on any atom is 0.00828 e. The summed E-state index contributed by atoms with van der Waals surface area (Å²) in [6.45, 7) is 1.21. The highest BCUT2D eigenvalue weighted by molar-refractivity contribution is 7.99. The Kier molecular flexibility index (Phi) is 4.39. The second-order valence-corrected chi connectivity index (χ2v) is 5.57. The molecular weight excluding hydrogens is 190 g/mol. The minimum atomic E-state index is 0.818. The van der Waals surface area contributed by atoms with Crippen LogP contribution in [0.4, 0.5) is 0 Å². The Morgan fingerprint density at radius 2 is 2.21 bits per heavy atom. The predicted octanol–water partition coefficient (Wildman–Crippen LogP) is 2.97. The Bertz CT molecular complexity index is 194. The van der Waals surface area contributed by atoms with Gasteiger partial charge in [-0.05, 0) is 56.6 Å². The van der Waals surface area contributed by atoms with E-state index in [1.165, 1.54) is 56.6 Å². The first kappa shape index (κ1) is 10.6. The van der Waals surface area contributed by atoms with Crippen LogP contribution in [0, 0.1) is 0 Å². The molecule has 2 rings (SSSR count). The van der Waals surface area contributed by atoms with E-state index in [1.807, 2.05) is 0 Å². The van der Waals surface area contributed by atoms with Crippen LogP contribution >= 0.6 is 11.8 Å². The summed E-state index contributed by atoms with van der Waals surface area (Å²) in [5, 5.41) is 3.69. The predicted molar refractivity (Wildman–Crippen MR) is 64.9 cm³/mol. The van der Waals surface area contributed by atoms with Crippen molar-refractivity contribution in [3.05, 3.63) is 11.6 Å². The molecule has 1 aliphatic carbocycles. The van der Waals surface area contributed by atoms with Crippen molar-refractivity contribution in [1.82, 2.24) is 5.32 Å². The number of hydrogen-bond acceptors (Lipinski definition) is 2. The smallest absolute Gasteiger partial charge is 0.00828 e. The third kappa shape index (κ3) is 3.32. The van der Waals surface area contributed by atoms with Gasteiger partial charge in [0, 0.05) is 6.04 Å². The van der Waals surface area contributed by atoms with Crippen molar-refractivity contribution >= 4 is 11.8 Å². The molecule has 0 radical (unpaired) electrons. The van der Waals surface area contributed by atoms with Gasteiger partial charge in [-0.3, -0.25) is 0 Å². The minimum Gasteiger partial charge on any atom is -0.314 e. The lowest BCUT2D eigenvalue weighted by Gasteiger charge is -2.22. The summed E-state index contributed by atoms with van der Waals surface area (Å²) in [6.07, 6.45) is 10.6. The van der Waals surface area contributed by atoms with Gasteiger partial charge in [0.25, 0.3) is 0 Å². The molecule has 80 valence electrons. The third-order valence-electron chi connectivity index (χ3n) is 3.24. The largest absolute Gasteiger partial charge is 0.314 e. The lowest BCUT2D eigenvalue weighted by molar-refractivity contribution is 0.484. The molecule has 1 fully saturated rings. The Morgan fingerprint density at radius 1 is 1.36 bits per heavy atom. The molecule has 0 atom stereocenters. The summed E-state index contributed by atoms with van der Waals surface area (Å²) >= 11 is 2.11. The maximum atomic E-state index is 3.69. The van der Waals surface area contributed by atoms with Gasteiger partial charge < -0.3 is 5.32 Å². The molecule has 0 bridgehead atoms. The van der Waals surface area contributed by atoms with Gasteiger partial charge in [-0.15, -0.1) is 0 Å². The third-order valence-corrected chi connectivity index (χ3v) is 4.28. The highest BCUT2D eigenvalue weighted by Crippen LogP contribution is 2.21. The summed E-state index contributed by atoms with van der Waals surface area (Å²) in [4.78, 5) is 0. The van der Waals surface area contributed by atoms with Crippen molar-refractivity contribution in [2.75, 3.05) is 18.1 Å². The Hall–Kier alpha value is 0.0500. The molecule has 0 spiro atoms. The van der Waals surface area contributed by atoms with Crippen LogP contribution in [0.1, 0.15) is 38.5 Å². The van der Waals surface area contributed by atoms with Crippen molar-refractivity contribution in [2.24, 2.45) is 0 Å². The van der Waals surface area contributed by atoms with Crippen LogP contribution in [0.15, 0.2) is 11.6 Å². The van der Waals surface area contributed by atoms with E-state index >= 15 is 0 Å². The zero-order valence-corrected chi connectivity index (χ0v) is 9.74. The van der Waals surface area contributed by atoms with E-state index in [0.717, 1.165) is 6.04 Å². The summed E-state index contributed by atoms with van der Waals surface area (Å²) in [7, 11) is 0. The molecule has 0 saturated carbocycles. The first-order valence-electron chi connectivity index (χ1n) is 5.94. The van der Waals surface area contributed by atoms with Gasteiger partial charge in [0.05, 0.1) is 0 Å². The van der Waals surface area contributed by atoms with Crippen LogP contribution in [-0.2, 0) is 0 Å². The van der Waals surface area contributed by atoms with E-state index in [1.54, 1.807) is 5.57 Å². The van der Waals surface area contributed by atoms with E-state index in [0.29, 0.717) is 0 Å². The van der Waals surface area contributed by atoms with Gasteiger partial charge >= 0.3 is 0 Å². The number of allylic oxidation sites excluding steroid dienone is 1. The fraction of sp³-hybridized carbons (Fsp3) is 0.833. The van der Waals surface area contributed by atoms with E-state index in [9.17, 15) is 0 Å². The quantitative estimate of drug-likeness (QED) is 0.718. The van der Waals surface area contributed by atoms with Crippen molar-refractivity contribution in [2.45, 2.75) is 44.6 Å². The monoisotopic (exact) mass is 211 g/mol. The fourth-order valence-electron chi connectivity index (χ4n) is 2.30. The topological polar surface area (TPSA) is 12.0 Å². The van der Waals surface area contributed by atoms with Crippen LogP contribution in [0.2, 0.25) is 0 Å². The first-order valence-corrected chi connectivity index (χ1v) is 7.09. The average molecular weight is 211 g/mol. The number of hydrogen-bond donors (Lipinski definition) is 1. The Balaban J connectivity index is 1.57. The molecule has 1 saturated heterocycles. The van der Waals surface area contributed by atoms with Crippen molar-refractivity contribution in [1.29, 1.82) is 0 Å². The maximum absolute atomic E-state index is 3.69. The molecule has 0 aromatic carbocycles. The van der Waals surface area contributed by atoms with Crippen LogP contribution < -0.4 is 5.32 Å². The second-order valence-electron chi connectivity index (χ2n) is 4.35. The second kappa shape index (κ2) is 5.82. The van der Waals surface area contributed by atoms with Crippen LogP contribution in [0.3, 0.4) is 0 Å². The molecule has 14 heavy (non-hydrogen) atoms. The average Bonchev–Trinajstić information content (AvgIpc) is 2.72.